The van der Waals surface area contributed by atoms with Crippen LogP contribution in [0.4, 0.5) is 0 Å². The van der Waals surface area contributed by atoms with Crippen LogP contribution >= 0.6 is 0 Å². The lowest BCUT2D eigenvalue weighted by molar-refractivity contribution is 0.135. The molecule has 2 aromatic rings. The van der Waals surface area contributed by atoms with E-state index in [4.69, 9.17) is 4.52 Å². The van der Waals surface area contributed by atoms with Gasteiger partial charge in [-0.25, -0.2) is 0 Å². The molecule has 19 heavy (non-hydrogen) atoms. The van der Waals surface area contributed by atoms with Gasteiger partial charge in [-0.2, -0.15) is 4.98 Å². The summed E-state index contributed by atoms with van der Waals surface area (Å²) in [6, 6.07) is 9.51. The highest BCUT2D eigenvalue weighted by Crippen LogP contribution is 2.30. The molecule has 0 bridgehead atoms. The maximum absolute atomic E-state index is 10.3. The molecule has 1 heterocycles. The Balaban J connectivity index is 2.20. The normalized spacial score (nSPS) is 15.2. The predicted octanol–water partition coefficient (Wildman–Crippen LogP) is 3.20. The lowest BCUT2D eigenvalue weighted by Crippen LogP contribution is -2.14. The first-order chi connectivity index (χ1) is 8.89. The number of aliphatic hydroxyl groups is 1. The van der Waals surface area contributed by atoms with Crippen LogP contribution in [0.25, 0.3) is 0 Å². The van der Waals surface area contributed by atoms with Gasteiger partial charge in [-0.1, -0.05) is 63.2 Å². The quantitative estimate of drug-likeness (QED) is 0.920. The van der Waals surface area contributed by atoms with Crippen LogP contribution in [-0.4, -0.2) is 15.2 Å². The van der Waals surface area contributed by atoms with E-state index in [0.717, 1.165) is 5.56 Å². The van der Waals surface area contributed by atoms with Gasteiger partial charge in [-0.05, 0) is 5.56 Å². The van der Waals surface area contributed by atoms with Gasteiger partial charge in [-0.15, -0.1) is 0 Å². The van der Waals surface area contributed by atoms with Gasteiger partial charge in [0.05, 0.1) is 12.0 Å². The minimum Gasteiger partial charge on any atom is -0.388 e. The Morgan fingerprint density at radius 2 is 1.79 bits per heavy atom. The molecule has 0 saturated carbocycles. The SMILES string of the molecule is CC(c1nc(C(C)(C)C)no1)C(O)c1ccccc1. The molecular weight excluding hydrogens is 240 g/mol. The summed E-state index contributed by atoms with van der Waals surface area (Å²) in [5, 5.41) is 14.3. The lowest BCUT2D eigenvalue weighted by atomic mass is 9.95. The number of hydrogen-bond donors (Lipinski definition) is 1. The van der Waals surface area contributed by atoms with Gasteiger partial charge < -0.3 is 9.63 Å². The van der Waals surface area contributed by atoms with Crippen molar-refractivity contribution in [2.45, 2.75) is 45.1 Å². The third-order valence-electron chi connectivity index (χ3n) is 3.12. The minimum absolute atomic E-state index is 0.154. The zero-order chi connectivity index (χ0) is 14.0. The second-order valence-electron chi connectivity index (χ2n) is 5.85. The van der Waals surface area contributed by atoms with Crippen molar-refractivity contribution < 1.29 is 9.63 Å². The van der Waals surface area contributed by atoms with E-state index >= 15 is 0 Å². The average Bonchev–Trinajstić information content (AvgIpc) is 2.87. The molecule has 0 saturated heterocycles. The van der Waals surface area contributed by atoms with Gasteiger partial charge in [0.25, 0.3) is 0 Å². The number of nitrogens with zero attached hydrogens (tertiary/aromatic N) is 2. The molecular formula is C15H20N2O2. The first kappa shape index (κ1) is 13.7. The van der Waals surface area contributed by atoms with Crippen LogP contribution in [0.2, 0.25) is 0 Å². The van der Waals surface area contributed by atoms with Gasteiger partial charge in [-0.3, -0.25) is 0 Å². The van der Waals surface area contributed by atoms with Crippen LogP contribution in [0.15, 0.2) is 34.9 Å². The maximum atomic E-state index is 10.3. The van der Waals surface area contributed by atoms with E-state index < -0.39 is 6.10 Å². The summed E-state index contributed by atoms with van der Waals surface area (Å²) in [5.41, 5.74) is 0.699. The van der Waals surface area contributed by atoms with E-state index in [1.165, 1.54) is 0 Å². The Labute approximate surface area is 113 Å². The van der Waals surface area contributed by atoms with Crippen molar-refractivity contribution in [1.29, 1.82) is 0 Å². The second-order valence-corrected chi connectivity index (χ2v) is 5.85. The third kappa shape index (κ3) is 3.01. The highest BCUT2D eigenvalue weighted by molar-refractivity contribution is 5.20. The number of benzene rings is 1. The molecule has 0 aliphatic carbocycles. The Hall–Kier alpha value is -1.68. The summed E-state index contributed by atoms with van der Waals surface area (Å²) in [6.07, 6.45) is -0.644. The fourth-order valence-electron chi connectivity index (χ4n) is 1.80. The molecule has 0 radical (unpaired) electrons. The number of aromatic nitrogens is 2. The van der Waals surface area contributed by atoms with E-state index in [9.17, 15) is 5.11 Å². The molecule has 2 rings (SSSR count). The van der Waals surface area contributed by atoms with Crippen molar-refractivity contribution in [2.75, 3.05) is 0 Å². The minimum atomic E-state index is -0.644. The topological polar surface area (TPSA) is 59.2 Å². The number of aliphatic hydroxyl groups excluding tert-OH is 1. The molecule has 0 fully saturated rings. The molecule has 2 unspecified atom stereocenters. The zero-order valence-corrected chi connectivity index (χ0v) is 11.8. The first-order valence-corrected chi connectivity index (χ1v) is 6.46. The molecule has 0 spiro atoms. The molecule has 102 valence electrons. The van der Waals surface area contributed by atoms with Crippen molar-refractivity contribution >= 4 is 0 Å². The highest BCUT2D eigenvalue weighted by atomic mass is 16.5. The number of hydrogen-bond acceptors (Lipinski definition) is 4. The smallest absolute Gasteiger partial charge is 0.232 e. The van der Waals surface area contributed by atoms with E-state index in [-0.39, 0.29) is 11.3 Å². The van der Waals surface area contributed by atoms with Gasteiger partial charge in [0, 0.05) is 5.41 Å². The monoisotopic (exact) mass is 260 g/mol. The van der Waals surface area contributed by atoms with Gasteiger partial charge in [0.15, 0.2) is 5.82 Å². The molecule has 0 amide bonds. The first-order valence-electron chi connectivity index (χ1n) is 6.46. The molecule has 1 N–H and O–H groups in total. The molecule has 2 atom stereocenters. The largest absolute Gasteiger partial charge is 0.388 e. The van der Waals surface area contributed by atoms with Gasteiger partial charge in [0.1, 0.15) is 0 Å². The van der Waals surface area contributed by atoms with E-state index in [1.54, 1.807) is 0 Å². The summed E-state index contributed by atoms with van der Waals surface area (Å²) < 4.78 is 5.27. The molecule has 1 aromatic heterocycles. The average molecular weight is 260 g/mol. The fraction of sp³-hybridized carbons (Fsp3) is 0.467. The van der Waals surface area contributed by atoms with Crippen LogP contribution in [0, 0.1) is 0 Å². The van der Waals surface area contributed by atoms with Gasteiger partial charge in [0.2, 0.25) is 5.89 Å². The maximum Gasteiger partial charge on any atom is 0.232 e. The number of rotatable bonds is 3. The Bertz CT molecular complexity index is 529. The van der Waals surface area contributed by atoms with Crippen LogP contribution in [0.3, 0.4) is 0 Å². The van der Waals surface area contributed by atoms with Crippen molar-refractivity contribution in [2.24, 2.45) is 0 Å². The molecule has 0 aliphatic rings. The molecule has 4 heteroatoms. The van der Waals surface area contributed by atoms with E-state index in [2.05, 4.69) is 10.1 Å². The summed E-state index contributed by atoms with van der Waals surface area (Å²) >= 11 is 0. The molecule has 0 aliphatic heterocycles. The highest BCUT2D eigenvalue weighted by Gasteiger charge is 2.27. The Morgan fingerprint density at radius 3 is 2.32 bits per heavy atom. The molecule has 1 aromatic carbocycles. The van der Waals surface area contributed by atoms with Crippen molar-refractivity contribution in [3.05, 3.63) is 47.6 Å². The summed E-state index contributed by atoms with van der Waals surface area (Å²) in [4.78, 5) is 4.39. The van der Waals surface area contributed by atoms with Gasteiger partial charge >= 0.3 is 0 Å². The standard InChI is InChI=1S/C15H20N2O2/c1-10(12(18)11-8-6-5-7-9-11)13-16-14(17-19-13)15(2,3)4/h5-10,12,18H,1-4H3. The summed E-state index contributed by atoms with van der Waals surface area (Å²) in [7, 11) is 0. The van der Waals surface area contributed by atoms with E-state index in [0.29, 0.717) is 11.7 Å². The summed E-state index contributed by atoms with van der Waals surface area (Å²) in [6.45, 7) is 7.97. The zero-order valence-electron chi connectivity index (χ0n) is 11.8. The summed E-state index contributed by atoms with van der Waals surface area (Å²) in [5.74, 6) is 0.905. The fourth-order valence-corrected chi connectivity index (χ4v) is 1.80. The van der Waals surface area contributed by atoms with Crippen LogP contribution in [-0.2, 0) is 5.41 Å². The van der Waals surface area contributed by atoms with Crippen molar-refractivity contribution in [1.82, 2.24) is 10.1 Å². The lowest BCUT2D eigenvalue weighted by Gasteiger charge is -2.15. The second kappa shape index (κ2) is 5.13. The van der Waals surface area contributed by atoms with Crippen molar-refractivity contribution in [3.63, 3.8) is 0 Å². The predicted molar refractivity (Wildman–Crippen MR) is 72.8 cm³/mol. The van der Waals surface area contributed by atoms with Crippen LogP contribution < -0.4 is 0 Å². The third-order valence-corrected chi connectivity index (χ3v) is 3.12. The van der Waals surface area contributed by atoms with Crippen LogP contribution in [0.5, 0.6) is 0 Å². The van der Waals surface area contributed by atoms with Crippen LogP contribution in [0.1, 0.15) is 57.0 Å². The Morgan fingerprint density at radius 1 is 1.16 bits per heavy atom. The van der Waals surface area contributed by atoms with Crippen molar-refractivity contribution in [3.8, 4) is 0 Å². The molecule has 4 nitrogen and oxygen atoms in total. The Kier molecular flexibility index (Phi) is 3.71. The van der Waals surface area contributed by atoms with E-state index in [1.807, 2.05) is 58.0 Å².